The quantitative estimate of drug-likeness (QED) is 0.171. The number of para-hydroxylation sites is 3. The van der Waals surface area contributed by atoms with Gasteiger partial charge in [0.2, 0.25) is 0 Å². The summed E-state index contributed by atoms with van der Waals surface area (Å²) in [4.78, 5) is 4.83. The first-order chi connectivity index (χ1) is 26.5. The molecule has 0 aromatic heterocycles. The second kappa shape index (κ2) is 12.4. The van der Waals surface area contributed by atoms with Gasteiger partial charge >= 0.3 is 0 Å². The largest absolute Gasteiger partial charge is 0.310 e. The highest BCUT2D eigenvalue weighted by Gasteiger charge is 2.38. The van der Waals surface area contributed by atoms with Gasteiger partial charge in [0.1, 0.15) is 0 Å². The van der Waals surface area contributed by atoms with Crippen LogP contribution in [0.25, 0.3) is 43.4 Å². The molecular weight excluding hydrogens is 653 g/mol. The summed E-state index contributed by atoms with van der Waals surface area (Å²) in [5.74, 6) is 0. The van der Waals surface area contributed by atoms with E-state index in [9.17, 15) is 0 Å². The van der Waals surface area contributed by atoms with Gasteiger partial charge in [-0.15, -0.1) is 0 Å². The number of benzene rings is 8. The van der Waals surface area contributed by atoms with Crippen molar-refractivity contribution in [1.82, 2.24) is 0 Å². The van der Waals surface area contributed by atoms with E-state index in [1.54, 1.807) is 0 Å². The third-order valence-electron chi connectivity index (χ3n) is 11.3. The van der Waals surface area contributed by atoms with E-state index in [1.807, 2.05) is 0 Å². The molecule has 0 bridgehead atoms. The molecule has 0 radical (unpaired) electrons. The van der Waals surface area contributed by atoms with Gasteiger partial charge in [-0.2, -0.15) is 0 Å². The number of hydrogen-bond donors (Lipinski definition) is 0. The Bertz CT molecular complexity index is 2870. The zero-order chi connectivity index (χ0) is 36.4. The van der Waals surface area contributed by atoms with Crippen LogP contribution < -0.4 is 9.80 Å². The van der Waals surface area contributed by atoms with Gasteiger partial charge in [0.15, 0.2) is 0 Å². The minimum atomic E-state index is -0.273. The molecule has 54 heavy (non-hydrogen) atoms. The molecule has 0 amide bonds. The van der Waals surface area contributed by atoms with Gasteiger partial charge in [-0.25, -0.2) is 0 Å². The molecule has 2 nitrogen and oxygen atoms in total. The molecule has 0 heterocycles. The van der Waals surface area contributed by atoms with E-state index in [0.29, 0.717) is 0 Å². The first kappa shape index (κ1) is 31.9. The molecule has 9 aromatic carbocycles. The maximum atomic E-state index is 3.59. The van der Waals surface area contributed by atoms with Gasteiger partial charge in [-0.05, 0) is 106 Å². The van der Waals surface area contributed by atoms with Crippen LogP contribution in [0.5, 0.6) is 0 Å². The maximum Gasteiger partial charge on any atom is 0.0624 e. The van der Waals surface area contributed by atoms with Gasteiger partial charge in [0, 0.05) is 44.3 Å². The molecule has 9 aromatic rings. The average molecular weight is 691 g/mol. The summed E-state index contributed by atoms with van der Waals surface area (Å²) >= 11 is 0. The summed E-state index contributed by atoms with van der Waals surface area (Å²) in [5, 5.41) is 6.94. The Hall–Kier alpha value is -6.82. The van der Waals surface area contributed by atoms with Crippen molar-refractivity contribution in [2.24, 2.45) is 0 Å². The number of aryl methyl sites for hydroxylation is 1. The lowest BCUT2D eigenvalue weighted by molar-refractivity contribution is 0.661. The van der Waals surface area contributed by atoms with Crippen LogP contribution in [0.3, 0.4) is 0 Å². The molecular formula is C52H38N2. The minimum absolute atomic E-state index is 0.273. The van der Waals surface area contributed by atoms with E-state index in [4.69, 9.17) is 0 Å². The summed E-state index contributed by atoms with van der Waals surface area (Å²) in [6.07, 6.45) is 0. The molecule has 0 N–H and O–H groups in total. The fourth-order valence-electron chi connectivity index (χ4n) is 8.72. The van der Waals surface area contributed by atoms with Gasteiger partial charge in [-0.1, -0.05) is 141 Å². The van der Waals surface area contributed by atoms with Crippen LogP contribution in [-0.2, 0) is 5.41 Å². The summed E-state index contributed by atoms with van der Waals surface area (Å²) in [5.41, 5.74) is 13.0. The van der Waals surface area contributed by atoms with E-state index in [0.717, 1.165) is 39.2 Å². The fraction of sp³-hybridized carbons (Fsp3) is 0.0769. The molecule has 0 saturated carbocycles. The molecule has 1 aliphatic rings. The van der Waals surface area contributed by atoms with E-state index in [2.05, 4.69) is 219 Å². The van der Waals surface area contributed by atoms with Crippen LogP contribution in [0.2, 0.25) is 0 Å². The third kappa shape index (κ3) is 4.90. The summed E-state index contributed by atoms with van der Waals surface area (Å²) < 4.78 is 0. The third-order valence-corrected chi connectivity index (χ3v) is 11.3. The van der Waals surface area contributed by atoms with E-state index < -0.39 is 0 Å². The second-order valence-corrected chi connectivity index (χ2v) is 14.8. The van der Waals surface area contributed by atoms with Crippen LogP contribution in [0, 0.1) is 19.1 Å². The second-order valence-electron chi connectivity index (χ2n) is 14.8. The maximum absolute atomic E-state index is 3.59. The van der Waals surface area contributed by atoms with Gasteiger partial charge in [0.25, 0.3) is 0 Å². The zero-order valence-electron chi connectivity index (χ0n) is 30.6. The van der Waals surface area contributed by atoms with Crippen molar-refractivity contribution in [3.05, 3.63) is 205 Å². The highest BCUT2D eigenvalue weighted by molar-refractivity contribution is 6.14. The summed E-state index contributed by atoms with van der Waals surface area (Å²) in [6.45, 7) is 6.97. The number of hydrogen-bond acceptors (Lipinski definition) is 2. The molecule has 10 rings (SSSR count). The zero-order valence-corrected chi connectivity index (χ0v) is 30.6. The number of rotatable bonds is 6. The van der Waals surface area contributed by atoms with E-state index in [-0.39, 0.29) is 5.41 Å². The fourth-order valence-corrected chi connectivity index (χ4v) is 8.72. The first-order valence-corrected chi connectivity index (χ1v) is 18.7. The van der Waals surface area contributed by atoms with Crippen LogP contribution in [-0.4, -0.2) is 0 Å². The number of fused-ring (bicyclic) bond motifs is 8. The van der Waals surface area contributed by atoms with E-state index in [1.165, 1.54) is 55.0 Å². The van der Waals surface area contributed by atoms with Gasteiger partial charge in [-0.3, -0.25) is 0 Å². The molecule has 0 aliphatic heterocycles. The molecule has 0 spiro atoms. The van der Waals surface area contributed by atoms with Crippen molar-refractivity contribution in [3.8, 4) is 11.1 Å². The Morgan fingerprint density at radius 3 is 1.80 bits per heavy atom. The molecule has 0 unspecified atom stereocenters. The molecule has 0 fully saturated rings. The molecule has 1 aliphatic carbocycles. The highest BCUT2D eigenvalue weighted by Crippen LogP contribution is 2.56. The first-order valence-electron chi connectivity index (χ1n) is 18.7. The van der Waals surface area contributed by atoms with Gasteiger partial charge in [0.05, 0.1) is 16.8 Å². The Kier molecular flexibility index (Phi) is 7.32. The van der Waals surface area contributed by atoms with Crippen molar-refractivity contribution in [3.63, 3.8) is 0 Å². The standard InChI is InChI=1S/C52H38N2/c1-35-17-10-15-27-48(35)53(37-19-6-4-7-20-37)39-30-32-45-46(33-39)52(2,3)47-34-50(42-24-13-14-25-44(42)51(45)47)54(38-21-8-5-9-22-38)49-28-16-26-41-40-23-12-11-18-36(40)29-31-43(41)49/h4-28,30,32-34H,1-3H3. The topological polar surface area (TPSA) is 6.48 Å². The van der Waals surface area contributed by atoms with Crippen molar-refractivity contribution >= 4 is 66.4 Å². The smallest absolute Gasteiger partial charge is 0.0624 e. The van der Waals surface area contributed by atoms with E-state index >= 15 is 0 Å². The SMILES string of the molecule is Cc1ccccc1N(c1ccccc1)c1ccc2c(c1)C(C)(C)c1cc(N(c3ccccc3)c3cccc4c3c#cc3ccccc34)c3ccccc3c1-2. The number of nitrogens with zero attached hydrogens (tertiary/aromatic N) is 2. The minimum Gasteiger partial charge on any atom is -0.310 e. The molecule has 2 heteroatoms. The Morgan fingerprint density at radius 1 is 0.426 bits per heavy atom. The average Bonchev–Trinajstić information content (AvgIpc) is 3.45. The Labute approximate surface area is 317 Å². The summed E-state index contributed by atoms with van der Waals surface area (Å²) in [6, 6.07) is 70.8. The van der Waals surface area contributed by atoms with Crippen LogP contribution in [0.15, 0.2) is 176 Å². The van der Waals surface area contributed by atoms with Crippen molar-refractivity contribution in [1.29, 1.82) is 0 Å². The molecule has 0 atom stereocenters. The lowest BCUT2D eigenvalue weighted by Crippen LogP contribution is -2.18. The monoisotopic (exact) mass is 690 g/mol. The molecule has 256 valence electrons. The predicted molar refractivity (Wildman–Crippen MR) is 228 cm³/mol. The number of anilines is 6. The van der Waals surface area contributed by atoms with Crippen molar-refractivity contribution < 1.29 is 0 Å². The predicted octanol–water partition coefficient (Wildman–Crippen LogP) is 14.3. The lowest BCUT2D eigenvalue weighted by Gasteiger charge is -2.30. The highest BCUT2D eigenvalue weighted by atomic mass is 15.2. The van der Waals surface area contributed by atoms with Gasteiger partial charge < -0.3 is 9.80 Å². The Morgan fingerprint density at radius 2 is 1.04 bits per heavy atom. The Balaban J connectivity index is 1.21. The van der Waals surface area contributed by atoms with Crippen molar-refractivity contribution in [2.75, 3.05) is 9.80 Å². The van der Waals surface area contributed by atoms with Crippen LogP contribution in [0.1, 0.15) is 30.5 Å². The molecule has 0 saturated heterocycles. The summed E-state index contributed by atoms with van der Waals surface area (Å²) in [7, 11) is 0. The lowest BCUT2D eigenvalue weighted by atomic mass is 9.81. The van der Waals surface area contributed by atoms with Crippen molar-refractivity contribution in [2.45, 2.75) is 26.2 Å². The van der Waals surface area contributed by atoms with Crippen LogP contribution in [0.4, 0.5) is 34.1 Å². The van der Waals surface area contributed by atoms with Crippen LogP contribution >= 0.6 is 0 Å². The normalized spacial score (nSPS) is 12.7.